The fourth-order valence-electron chi connectivity index (χ4n) is 3.38. The average Bonchev–Trinajstić information content (AvgIpc) is 3.34. The first kappa shape index (κ1) is 29.0. The molecular formula is C27H27F3N2O5S. The van der Waals surface area contributed by atoms with Gasteiger partial charge in [-0.3, -0.25) is 10.1 Å². The van der Waals surface area contributed by atoms with Gasteiger partial charge in [-0.2, -0.15) is 0 Å². The predicted molar refractivity (Wildman–Crippen MR) is 138 cm³/mol. The van der Waals surface area contributed by atoms with Crippen molar-refractivity contribution in [2.75, 3.05) is 25.1 Å². The van der Waals surface area contributed by atoms with E-state index < -0.39 is 34.9 Å². The molecule has 7 nitrogen and oxygen atoms in total. The molecule has 3 rings (SSSR count). The Labute approximate surface area is 221 Å². The molecule has 0 saturated heterocycles. The Morgan fingerprint density at radius 2 is 1.79 bits per heavy atom. The van der Waals surface area contributed by atoms with Crippen LogP contribution >= 0.6 is 11.3 Å². The van der Waals surface area contributed by atoms with Gasteiger partial charge in [-0.15, -0.1) is 11.3 Å². The number of hydrogen-bond donors (Lipinski definition) is 2. The predicted octanol–water partition coefficient (Wildman–Crippen LogP) is 6.30. The quantitative estimate of drug-likeness (QED) is 0.192. The SMILES string of the molecule is CCOCCCCOCc1cccc(-c2csc(NC(=O)c3cc(F)c(/C=C(\C)C(=O)O)c(F)c3)n2)c1F. The van der Waals surface area contributed by atoms with Gasteiger partial charge in [0, 0.05) is 53.0 Å². The molecule has 0 spiro atoms. The van der Waals surface area contributed by atoms with Crippen molar-refractivity contribution in [2.24, 2.45) is 0 Å². The van der Waals surface area contributed by atoms with Crippen LogP contribution in [0.2, 0.25) is 0 Å². The Morgan fingerprint density at radius 1 is 1.11 bits per heavy atom. The van der Waals surface area contributed by atoms with E-state index in [1.807, 2.05) is 6.92 Å². The van der Waals surface area contributed by atoms with Crippen molar-refractivity contribution in [3.05, 3.63) is 75.4 Å². The molecular weight excluding hydrogens is 521 g/mol. The standard InChI is InChI=1S/C27H27F3N2O5S/c1-3-36-9-4-5-10-37-14-17-7-6-8-19(24(17)30)23-15-38-27(31-23)32-25(33)18-12-21(28)20(22(29)13-18)11-16(2)26(34)35/h6-8,11-13,15H,3-5,9-10,14H2,1-2H3,(H,34,35)(H,31,32,33)/b16-11+. The number of aliphatic carboxylic acids is 1. The van der Waals surface area contributed by atoms with Crippen LogP contribution in [0, 0.1) is 17.5 Å². The maximum absolute atomic E-state index is 15.1. The van der Waals surface area contributed by atoms with E-state index in [2.05, 4.69) is 10.3 Å². The summed E-state index contributed by atoms with van der Waals surface area (Å²) in [7, 11) is 0. The lowest BCUT2D eigenvalue weighted by Crippen LogP contribution is -2.13. The molecule has 38 heavy (non-hydrogen) atoms. The summed E-state index contributed by atoms with van der Waals surface area (Å²) in [6, 6.07) is 6.45. The number of carboxylic acids is 1. The van der Waals surface area contributed by atoms with E-state index in [1.165, 1.54) is 6.92 Å². The van der Waals surface area contributed by atoms with Crippen LogP contribution in [0.25, 0.3) is 17.3 Å². The number of ether oxygens (including phenoxy) is 2. The Kier molecular flexibility index (Phi) is 10.6. The second-order valence-corrected chi connectivity index (χ2v) is 9.07. The number of carbonyl (C=O) groups is 2. The summed E-state index contributed by atoms with van der Waals surface area (Å²) in [5.74, 6) is -4.83. The van der Waals surface area contributed by atoms with Crippen LogP contribution in [-0.2, 0) is 20.9 Å². The lowest BCUT2D eigenvalue weighted by Gasteiger charge is -2.08. The Bertz CT molecular complexity index is 1300. The second-order valence-electron chi connectivity index (χ2n) is 8.21. The first-order valence-corrected chi connectivity index (χ1v) is 12.7. The molecule has 11 heteroatoms. The number of nitrogens with one attached hydrogen (secondary N) is 1. The molecule has 1 amide bonds. The fraction of sp³-hybridized carbons (Fsp3) is 0.296. The Balaban J connectivity index is 1.66. The van der Waals surface area contributed by atoms with Crippen molar-refractivity contribution >= 4 is 34.4 Å². The Morgan fingerprint density at radius 3 is 2.45 bits per heavy atom. The van der Waals surface area contributed by atoms with Crippen LogP contribution < -0.4 is 5.32 Å². The highest BCUT2D eigenvalue weighted by atomic mass is 32.1. The number of benzene rings is 2. The molecule has 0 aliphatic carbocycles. The summed E-state index contributed by atoms with van der Waals surface area (Å²) < 4.78 is 54.7. The molecule has 1 aromatic heterocycles. The smallest absolute Gasteiger partial charge is 0.331 e. The van der Waals surface area contributed by atoms with Crippen LogP contribution in [0.3, 0.4) is 0 Å². The van der Waals surface area contributed by atoms with E-state index in [1.54, 1.807) is 23.6 Å². The van der Waals surface area contributed by atoms with Crippen LogP contribution in [0.4, 0.5) is 18.3 Å². The van der Waals surface area contributed by atoms with Crippen molar-refractivity contribution < 1.29 is 37.3 Å². The van der Waals surface area contributed by atoms with E-state index in [-0.39, 0.29) is 34.1 Å². The number of unbranched alkanes of at least 4 members (excludes halogenated alkanes) is 1. The maximum atomic E-state index is 15.1. The number of nitrogens with zero attached hydrogens (tertiary/aromatic N) is 1. The molecule has 0 radical (unpaired) electrons. The number of halogens is 3. The molecule has 0 atom stereocenters. The third-order valence-electron chi connectivity index (χ3n) is 5.41. The summed E-state index contributed by atoms with van der Waals surface area (Å²) in [5.41, 5.74) is -0.291. The minimum atomic E-state index is -1.33. The number of aromatic nitrogens is 1. The molecule has 2 aromatic carbocycles. The number of carbonyl (C=O) groups excluding carboxylic acids is 1. The van der Waals surface area contributed by atoms with Gasteiger partial charge in [0.15, 0.2) is 5.13 Å². The van der Waals surface area contributed by atoms with Crippen molar-refractivity contribution in [2.45, 2.75) is 33.3 Å². The zero-order valence-electron chi connectivity index (χ0n) is 20.9. The minimum absolute atomic E-state index is 0.0936. The van der Waals surface area contributed by atoms with Gasteiger partial charge in [0.05, 0.1) is 12.3 Å². The number of anilines is 1. The van der Waals surface area contributed by atoms with Gasteiger partial charge in [0.1, 0.15) is 17.5 Å². The molecule has 3 aromatic rings. The van der Waals surface area contributed by atoms with Crippen LogP contribution in [0.1, 0.15) is 48.2 Å². The summed E-state index contributed by atoms with van der Waals surface area (Å²) in [6.07, 6.45) is 2.50. The van der Waals surface area contributed by atoms with E-state index >= 15 is 4.39 Å². The van der Waals surface area contributed by atoms with Crippen LogP contribution in [0.5, 0.6) is 0 Å². The van der Waals surface area contributed by atoms with E-state index in [0.29, 0.717) is 25.4 Å². The normalized spacial score (nSPS) is 11.6. The molecule has 202 valence electrons. The average molecular weight is 549 g/mol. The summed E-state index contributed by atoms with van der Waals surface area (Å²) in [4.78, 5) is 27.7. The molecule has 0 unspecified atom stereocenters. The summed E-state index contributed by atoms with van der Waals surface area (Å²) in [5, 5.41) is 13.0. The molecule has 0 saturated carbocycles. The van der Waals surface area contributed by atoms with Crippen molar-refractivity contribution in [3.63, 3.8) is 0 Å². The molecule has 1 heterocycles. The van der Waals surface area contributed by atoms with Crippen LogP contribution in [-0.4, -0.2) is 41.8 Å². The molecule has 0 aliphatic rings. The first-order chi connectivity index (χ1) is 18.2. The first-order valence-electron chi connectivity index (χ1n) is 11.8. The van der Waals surface area contributed by atoms with Crippen LogP contribution in [0.15, 0.2) is 41.3 Å². The lowest BCUT2D eigenvalue weighted by molar-refractivity contribution is -0.132. The molecule has 0 bridgehead atoms. The molecule has 0 aliphatic heterocycles. The van der Waals surface area contributed by atoms with Gasteiger partial charge in [0.2, 0.25) is 0 Å². The van der Waals surface area contributed by atoms with Gasteiger partial charge in [-0.1, -0.05) is 12.1 Å². The highest BCUT2D eigenvalue weighted by molar-refractivity contribution is 7.14. The largest absolute Gasteiger partial charge is 0.478 e. The zero-order valence-corrected chi connectivity index (χ0v) is 21.7. The maximum Gasteiger partial charge on any atom is 0.331 e. The van der Waals surface area contributed by atoms with Crippen molar-refractivity contribution in [1.29, 1.82) is 0 Å². The highest BCUT2D eigenvalue weighted by Gasteiger charge is 2.18. The van der Waals surface area contributed by atoms with Gasteiger partial charge in [0.25, 0.3) is 5.91 Å². The van der Waals surface area contributed by atoms with Gasteiger partial charge >= 0.3 is 5.97 Å². The topological polar surface area (TPSA) is 97.8 Å². The van der Waals surface area contributed by atoms with Gasteiger partial charge < -0.3 is 14.6 Å². The monoisotopic (exact) mass is 548 g/mol. The lowest BCUT2D eigenvalue weighted by atomic mass is 10.1. The Hall–Kier alpha value is -3.54. The molecule has 0 fully saturated rings. The fourth-order valence-corrected chi connectivity index (χ4v) is 4.09. The third-order valence-corrected chi connectivity index (χ3v) is 6.17. The summed E-state index contributed by atoms with van der Waals surface area (Å²) in [6.45, 7) is 5.01. The van der Waals surface area contributed by atoms with Gasteiger partial charge in [-0.05, 0) is 51.0 Å². The number of thiazole rings is 1. The highest BCUT2D eigenvalue weighted by Crippen LogP contribution is 2.29. The van der Waals surface area contributed by atoms with E-state index in [0.717, 1.165) is 42.4 Å². The van der Waals surface area contributed by atoms with E-state index in [4.69, 9.17) is 14.6 Å². The number of amides is 1. The number of carboxylic acid groups (broad SMARTS) is 1. The third kappa shape index (κ3) is 7.73. The van der Waals surface area contributed by atoms with E-state index in [9.17, 15) is 18.4 Å². The van der Waals surface area contributed by atoms with Crippen molar-refractivity contribution in [1.82, 2.24) is 4.98 Å². The second kappa shape index (κ2) is 13.8. The molecule has 2 N–H and O–H groups in total. The minimum Gasteiger partial charge on any atom is -0.478 e. The zero-order chi connectivity index (χ0) is 27.7. The summed E-state index contributed by atoms with van der Waals surface area (Å²) >= 11 is 1.02. The van der Waals surface area contributed by atoms with Gasteiger partial charge in [-0.25, -0.2) is 22.9 Å². The van der Waals surface area contributed by atoms with Crippen molar-refractivity contribution in [3.8, 4) is 11.3 Å². The number of rotatable bonds is 13. The number of hydrogen-bond acceptors (Lipinski definition) is 6.